The monoisotopic (exact) mass is 404 g/mol. The van der Waals surface area contributed by atoms with Gasteiger partial charge in [0.05, 0.1) is 22.1 Å². The Kier molecular flexibility index (Phi) is 3.96. The van der Waals surface area contributed by atoms with Crippen molar-refractivity contribution in [1.29, 1.82) is 0 Å². The number of hydrogen-bond acceptors (Lipinski definition) is 5. The average molecular weight is 404 g/mol. The Balaban J connectivity index is 1.30. The number of ether oxygens (including phenoxy) is 1. The largest absolute Gasteiger partial charge is 0.457 e. The Morgan fingerprint density at radius 3 is 1.45 bits per heavy atom. The minimum Gasteiger partial charge on any atom is -0.457 e. The number of aromatic amines is 2. The van der Waals surface area contributed by atoms with Gasteiger partial charge in [-0.25, -0.2) is 9.97 Å². The van der Waals surface area contributed by atoms with Crippen molar-refractivity contribution in [2.24, 2.45) is 0 Å². The van der Waals surface area contributed by atoms with Crippen LogP contribution in [0.3, 0.4) is 0 Å². The van der Waals surface area contributed by atoms with Crippen LogP contribution in [0.4, 0.5) is 0 Å². The van der Waals surface area contributed by atoms with Crippen LogP contribution in [0.5, 0.6) is 11.5 Å². The van der Waals surface area contributed by atoms with Crippen LogP contribution >= 0.6 is 0 Å². The molecule has 31 heavy (non-hydrogen) atoms. The van der Waals surface area contributed by atoms with Crippen LogP contribution in [0.1, 0.15) is 0 Å². The van der Waals surface area contributed by atoms with Crippen LogP contribution in [-0.4, -0.2) is 29.9 Å². The summed E-state index contributed by atoms with van der Waals surface area (Å²) in [6, 6.07) is 19.3. The van der Waals surface area contributed by atoms with E-state index in [4.69, 9.17) is 4.74 Å². The van der Waals surface area contributed by atoms with E-state index in [0.717, 1.165) is 56.3 Å². The van der Waals surface area contributed by atoms with Crippen molar-refractivity contribution in [2.45, 2.75) is 0 Å². The molecule has 0 aliphatic carbocycles. The zero-order valence-electron chi connectivity index (χ0n) is 16.3. The van der Waals surface area contributed by atoms with Crippen molar-refractivity contribution in [1.82, 2.24) is 29.9 Å². The topological polar surface area (TPSA) is 92.4 Å². The quantitative estimate of drug-likeness (QED) is 0.413. The smallest absolute Gasteiger partial charge is 0.138 e. The average Bonchev–Trinajstić information content (AvgIpc) is 3.44. The van der Waals surface area contributed by atoms with Crippen molar-refractivity contribution in [2.75, 3.05) is 0 Å². The summed E-state index contributed by atoms with van der Waals surface area (Å²) >= 11 is 0. The van der Waals surface area contributed by atoms with E-state index in [-0.39, 0.29) is 0 Å². The lowest BCUT2D eigenvalue weighted by Crippen LogP contribution is -1.84. The molecule has 0 radical (unpaired) electrons. The van der Waals surface area contributed by atoms with Gasteiger partial charge in [0.2, 0.25) is 0 Å². The van der Waals surface area contributed by atoms with E-state index in [1.54, 1.807) is 24.8 Å². The van der Waals surface area contributed by atoms with Gasteiger partial charge in [0.25, 0.3) is 0 Å². The summed E-state index contributed by atoms with van der Waals surface area (Å²) in [6.45, 7) is 0. The van der Waals surface area contributed by atoms with Crippen LogP contribution < -0.4 is 4.74 Å². The van der Waals surface area contributed by atoms with Gasteiger partial charge in [0, 0.05) is 48.0 Å². The van der Waals surface area contributed by atoms with Crippen molar-refractivity contribution in [3.05, 3.63) is 85.5 Å². The third-order valence-electron chi connectivity index (χ3n) is 5.05. The van der Waals surface area contributed by atoms with Crippen molar-refractivity contribution in [3.63, 3.8) is 0 Å². The van der Waals surface area contributed by atoms with Gasteiger partial charge in [-0.3, -0.25) is 9.97 Å². The summed E-state index contributed by atoms with van der Waals surface area (Å²) in [5.41, 5.74) is 5.56. The molecule has 6 rings (SSSR count). The second kappa shape index (κ2) is 7.07. The van der Waals surface area contributed by atoms with Gasteiger partial charge in [-0.15, -0.1) is 0 Å². The lowest BCUT2D eigenvalue weighted by atomic mass is 10.2. The number of rotatable bonds is 4. The molecule has 4 heterocycles. The molecule has 0 aliphatic heterocycles. The molecule has 0 saturated carbocycles. The molecule has 4 aromatic heterocycles. The first-order chi connectivity index (χ1) is 15.3. The van der Waals surface area contributed by atoms with E-state index < -0.39 is 0 Å². The highest BCUT2D eigenvalue weighted by molar-refractivity contribution is 5.82. The second-order valence-electron chi connectivity index (χ2n) is 7.10. The van der Waals surface area contributed by atoms with Crippen LogP contribution in [0.15, 0.2) is 85.5 Å². The third-order valence-corrected chi connectivity index (χ3v) is 5.05. The molecule has 2 N–H and O–H groups in total. The van der Waals surface area contributed by atoms with Crippen LogP contribution in [0, 0.1) is 0 Å². The van der Waals surface area contributed by atoms with Gasteiger partial charge < -0.3 is 14.7 Å². The second-order valence-corrected chi connectivity index (χ2v) is 7.10. The van der Waals surface area contributed by atoms with E-state index in [1.807, 2.05) is 60.7 Å². The van der Waals surface area contributed by atoms with Gasteiger partial charge in [-0.2, -0.15) is 0 Å². The Bertz CT molecular complexity index is 1390. The summed E-state index contributed by atoms with van der Waals surface area (Å²) in [6.07, 6.45) is 7.01. The SMILES string of the molecule is c1cc(-c2nc3ccc(Oc4ccc5nc(-c6ccncc6)[nH]c5c4)cc3[nH]2)ccn1. The molecular weight excluding hydrogens is 388 g/mol. The van der Waals surface area contributed by atoms with Crippen LogP contribution in [0.25, 0.3) is 44.8 Å². The summed E-state index contributed by atoms with van der Waals surface area (Å²) in [4.78, 5) is 24.1. The standard InChI is InChI=1S/C24H16N6O/c1-3-19-21(29-23(27-19)15-5-9-25-10-6-15)13-17(1)31-18-2-4-20-22(14-18)30-24(28-20)16-7-11-26-12-8-16/h1-14H,(H,27,29)(H,28,30). The van der Waals surface area contributed by atoms with E-state index >= 15 is 0 Å². The predicted octanol–water partition coefficient (Wildman–Crippen LogP) is 5.36. The van der Waals surface area contributed by atoms with Crippen molar-refractivity contribution < 1.29 is 4.74 Å². The summed E-state index contributed by atoms with van der Waals surface area (Å²) in [7, 11) is 0. The Morgan fingerprint density at radius 2 is 1.00 bits per heavy atom. The maximum atomic E-state index is 6.11. The predicted molar refractivity (Wildman–Crippen MR) is 119 cm³/mol. The van der Waals surface area contributed by atoms with Gasteiger partial charge in [0.15, 0.2) is 0 Å². The van der Waals surface area contributed by atoms with Crippen molar-refractivity contribution >= 4 is 22.1 Å². The molecule has 0 atom stereocenters. The van der Waals surface area contributed by atoms with E-state index in [1.165, 1.54) is 0 Å². The van der Waals surface area contributed by atoms with Crippen molar-refractivity contribution in [3.8, 4) is 34.3 Å². The zero-order chi connectivity index (χ0) is 20.6. The zero-order valence-corrected chi connectivity index (χ0v) is 16.3. The minimum absolute atomic E-state index is 0.727. The lowest BCUT2D eigenvalue weighted by molar-refractivity contribution is 0.484. The molecule has 0 saturated heterocycles. The fraction of sp³-hybridized carbons (Fsp3) is 0. The fourth-order valence-electron chi connectivity index (χ4n) is 3.53. The molecule has 7 nitrogen and oxygen atoms in total. The maximum Gasteiger partial charge on any atom is 0.138 e. The van der Waals surface area contributed by atoms with Crippen LogP contribution in [0.2, 0.25) is 0 Å². The van der Waals surface area contributed by atoms with E-state index in [0.29, 0.717) is 0 Å². The Hall–Kier alpha value is -4.52. The summed E-state index contributed by atoms with van der Waals surface area (Å²) in [5.74, 6) is 3.06. The number of imidazole rings is 2. The minimum atomic E-state index is 0.727. The van der Waals surface area contributed by atoms with Gasteiger partial charge >= 0.3 is 0 Å². The van der Waals surface area contributed by atoms with E-state index in [9.17, 15) is 0 Å². The fourth-order valence-corrected chi connectivity index (χ4v) is 3.53. The molecule has 0 aliphatic rings. The van der Waals surface area contributed by atoms with Gasteiger partial charge in [0.1, 0.15) is 23.1 Å². The maximum absolute atomic E-state index is 6.11. The first-order valence-corrected chi connectivity index (χ1v) is 9.80. The first kappa shape index (κ1) is 17.3. The number of fused-ring (bicyclic) bond motifs is 2. The molecule has 0 unspecified atom stereocenters. The molecule has 2 aromatic carbocycles. The Labute approximate surface area is 176 Å². The molecular formula is C24H16N6O. The molecule has 0 amide bonds. The summed E-state index contributed by atoms with van der Waals surface area (Å²) < 4.78 is 6.11. The van der Waals surface area contributed by atoms with E-state index in [2.05, 4.69) is 29.9 Å². The Morgan fingerprint density at radius 1 is 0.548 bits per heavy atom. The highest BCUT2D eigenvalue weighted by atomic mass is 16.5. The highest BCUT2D eigenvalue weighted by Crippen LogP contribution is 2.29. The van der Waals surface area contributed by atoms with Gasteiger partial charge in [-0.05, 0) is 48.5 Å². The van der Waals surface area contributed by atoms with Crippen LogP contribution in [-0.2, 0) is 0 Å². The molecule has 0 spiro atoms. The number of nitrogens with one attached hydrogen (secondary N) is 2. The number of H-pyrrole nitrogens is 2. The highest BCUT2D eigenvalue weighted by Gasteiger charge is 2.09. The first-order valence-electron chi connectivity index (χ1n) is 9.80. The number of benzene rings is 2. The lowest BCUT2D eigenvalue weighted by Gasteiger charge is -2.05. The number of hydrogen-bond donors (Lipinski definition) is 2. The molecule has 148 valence electrons. The molecule has 7 heteroatoms. The normalized spacial score (nSPS) is 11.2. The molecule has 6 aromatic rings. The number of nitrogens with zero attached hydrogens (tertiary/aromatic N) is 4. The molecule has 0 fully saturated rings. The third kappa shape index (κ3) is 3.28. The molecule has 0 bridgehead atoms. The number of pyridine rings is 2. The number of aromatic nitrogens is 6. The van der Waals surface area contributed by atoms with Gasteiger partial charge in [-0.1, -0.05) is 0 Å². The summed E-state index contributed by atoms with van der Waals surface area (Å²) in [5, 5.41) is 0.